The Morgan fingerprint density at radius 3 is 1.13 bits per heavy atom. The van der Waals surface area contributed by atoms with Gasteiger partial charge in [0.15, 0.2) is 0 Å². The van der Waals surface area contributed by atoms with Gasteiger partial charge in [0.2, 0.25) is 10.4 Å². The van der Waals surface area contributed by atoms with Crippen molar-refractivity contribution in [3.63, 3.8) is 0 Å². The fourth-order valence-corrected chi connectivity index (χ4v) is 7.13. The smallest absolute Gasteiger partial charge is 0.218 e. The van der Waals surface area contributed by atoms with Crippen molar-refractivity contribution >= 4 is 22.0 Å². The molecule has 0 fully saturated rings. The zero-order valence-corrected chi connectivity index (χ0v) is 32.1. The molecule has 0 aromatic heterocycles. The molecule has 9 heteroatoms. The Bertz CT molecular complexity index is 794. The molecule has 8 nitrogen and oxygen atoms in total. The van der Waals surface area contributed by atoms with Crippen LogP contribution in [0.5, 0.6) is 0 Å². The third-order valence-corrected chi connectivity index (χ3v) is 10.0. The lowest BCUT2D eigenvalue weighted by Crippen LogP contribution is -2.39. The van der Waals surface area contributed by atoms with Gasteiger partial charge in [-0.05, 0) is 26.2 Å². The minimum atomic E-state index is -5.07. The number of unbranched alkanes of at least 4 members (excludes halogenated alkanes) is 24. The van der Waals surface area contributed by atoms with Crippen LogP contribution in [0.3, 0.4) is 0 Å². The highest BCUT2D eigenvalue weighted by molar-refractivity contribution is 7.80. The van der Waals surface area contributed by atoms with E-state index in [0.717, 1.165) is 38.5 Å². The zero-order valence-electron chi connectivity index (χ0n) is 31.3. The maximum absolute atomic E-state index is 13.3. The molecular weight excluding hydrogens is 614 g/mol. The number of carbonyl (C=O) groups excluding carboxylic acids is 2. The molecule has 0 saturated carbocycles. The predicted molar refractivity (Wildman–Crippen MR) is 196 cm³/mol. The number of ketones is 2. The van der Waals surface area contributed by atoms with Crippen LogP contribution in [0.15, 0.2) is 0 Å². The van der Waals surface area contributed by atoms with Crippen LogP contribution in [0, 0.1) is 5.92 Å². The molecule has 0 heterocycles. The first kappa shape index (κ1) is 48.2. The third-order valence-electron chi connectivity index (χ3n) is 9.41. The van der Waals surface area contributed by atoms with E-state index in [1.54, 1.807) is 0 Å². The average molecular weight is 692 g/mol. The summed E-state index contributed by atoms with van der Waals surface area (Å²) in [5.74, 6) is -1.44. The van der Waals surface area contributed by atoms with Gasteiger partial charge < -0.3 is 15.8 Å². The molecular formula is C38H77NO7S. The summed E-state index contributed by atoms with van der Waals surface area (Å²) in [6.07, 6.45) is 31.3. The highest BCUT2D eigenvalue weighted by Crippen LogP contribution is 2.30. The number of carbonyl (C=O) groups is 2. The first-order valence-corrected chi connectivity index (χ1v) is 20.7. The lowest BCUT2D eigenvalue weighted by molar-refractivity contribution is -0.135. The van der Waals surface area contributed by atoms with Crippen LogP contribution in [-0.4, -0.2) is 41.9 Å². The molecule has 47 heavy (non-hydrogen) atoms. The molecule has 0 aliphatic carbocycles. The van der Waals surface area contributed by atoms with E-state index < -0.39 is 28.5 Å². The van der Waals surface area contributed by atoms with Gasteiger partial charge in [-0.25, -0.2) is 8.42 Å². The van der Waals surface area contributed by atoms with E-state index in [0.29, 0.717) is 12.8 Å². The van der Waals surface area contributed by atoms with Gasteiger partial charge in [-0.15, -0.1) is 0 Å². The summed E-state index contributed by atoms with van der Waals surface area (Å²) in [6, 6.07) is 0. The van der Waals surface area contributed by atoms with Crippen molar-refractivity contribution in [2.75, 3.05) is 6.61 Å². The fourth-order valence-electron chi connectivity index (χ4n) is 6.48. The molecule has 5 N–H and O–H groups in total. The monoisotopic (exact) mass is 692 g/mol. The number of hydrogen-bond acceptors (Lipinski definition) is 7. The molecule has 0 aromatic rings. The number of hydrogen-bond donors (Lipinski definition) is 2. The van der Waals surface area contributed by atoms with E-state index in [1.807, 2.05) is 0 Å². The normalized spacial score (nSPS) is 13.1. The molecule has 282 valence electrons. The van der Waals surface area contributed by atoms with Crippen molar-refractivity contribution in [1.82, 2.24) is 6.15 Å². The minimum absolute atomic E-state index is 0. The van der Waals surface area contributed by atoms with Crippen LogP contribution in [0.1, 0.15) is 213 Å². The quantitative estimate of drug-likeness (QED) is 0.0286. The van der Waals surface area contributed by atoms with Crippen LogP contribution in [-0.2, 0) is 24.2 Å². The molecule has 0 spiro atoms. The highest BCUT2D eigenvalue weighted by atomic mass is 32.3. The van der Waals surface area contributed by atoms with E-state index in [-0.39, 0.29) is 43.4 Å². The van der Waals surface area contributed by atoms with Crippen LogP contribution in [0.4, 0.5) is 0 Å². The maximum Gasteiger partial charge on any atom is 0.218 e. The molecule has 0 saturated heterocycles. The van der Waals surface area contributed by atoms with Crippen LogP contribution in [0.2, 0.25) is 0 Å². The summed E-state index contributed by atoms with van der Waals surface area (Å²) < 4.78 is 39.1. The van der Waals surface area contributed by atoms with Crippen molar-refractivity contribution in [2.24, 2.45) is 5.92 Å². The second kappa shape index (κ2) is 32.3. The second-order valence-corrected chi connectivity index (χ2v) is 15.1. The van der Waals surface area contributed by atoms with Crippen LogP contribution in [0.25, 0.3) is 0 Å². The molecule has 1 atom stereocenters. The van der Waals surface area contributed by atoms with E-state index in [4.69, 9.17) is 4.18 Å². The summed E-state index contributed by atoms with van der Waals surface area (Å²) in [5, 5.41) is 9.51. The summed E-state index contributed by atoms with van der Waals surface area (Å²) in [4.78, 5) is 26.6. The van der Waals surface area contributed by atoms with Gasteiger partial charge in [0.05, 0.1) is 11.5 Å². The highest BCUT2D eigenvalue weighted by Gasteiger charge is 2.37. The van der Waals surface area contributed by atoms with Gasteiger partial charge in [-0.2, -0.15) is 0 Å². The van der Waals surface area contributed by atoms with Crippen molar-refractivity contribution in [3.05, 3.63) is 0 Å². The number of quaternary nitrogens is 1. The number of Topliss-reactive ketones (excluding diaryl/α,β-unsaturated/α-hetero) is 2. The van der Waals surface area contributed by atoms with Gasteiger partial charge in [-0.1, -0.05) is 168 Å². The fraction of sp³-hybridized carbons (Fsp3) is 0.947. The summed E-state index contributed by atoms with van der Waals surface area (Å²) in [5.41, 5.74) is -1.60. The minimum Gasteiger partial charge on any atom is -0.726 e. The second-order valence-electron chi connectivity index (χ2n) is 14.1. The van der Waals surface area contributed by atoms with Crippen molar-refractivity contribution < 1.29 is 31.8 Å². The van der Waals surface area contributed by atoms with Crippen LogP contribution < -0.4 is 6.15 Å². The number of rotatable bonds is 36. The van der Waals surface area contributed by atoms with E-state index >= 15 is 0 Å². The average Bonchev–Trinajstić information content (AvgIpc) is 2.99. The third kappa shape index (κ3) is 30.9. The summed E-state index contributed by atoms with van der Waals surface area (Å²) in [7, 11) is -5.07. The largest absolute Gasteiger partial charge is 0.726 e. The Balaban J connectivity index is 0. The zero-order chi connectivity index (χ0) is 34.4. The van der Waals surface area contributed by atoms with Gasteiger partial charge in [0.25, 0.3) is 0 Å². The van der Waals surface area contributed by atoms with Crippen LogP contribution >= 0.6 is 0 Å². The Morgan fingerprint density at radius 2 is 0.872 bits per heavy atom. The maximum atomic E-state index is 13.3. The summed E-state index contributed by atoms with van der Waals surface area (Å²) >= 11 is 0. The van der Waals surface area contributed by atoms with E-state index in [2.05, 4.69) is 13.8 Å². The van der Waals surface area contributed by atoms with Crippen molar-refractivity contribution in [3.8, 4) is 0 Å². The Labute approximate surface area is 290 Å². The van der Waals surface area contributed by atoms with Crippen molar-refractivity contribution in [1.29, 1.82) is 0 Å². The molecule has 0 amide bonds. The first-order valence-electron chi connectivity index (χ1n) is 19.4. The van der Waals surface area contributed by atoms with Gasteiger partial charge in [0.1, 0.15) is 11.6 Å². The number of aliphatic hydroxyl groups is 1. The number of aliphatic hydroxyl groups excluding tert-OH is 1. The van der Waals surface area contributed by atoms with Gasteiger partial charge >= 0.3 is 0 Å². The standard InChI is InChI=1S/C38H74O7S.H3N/c1-4-6-8-10-12-14-16-18-20-22-24-26-28-30-36(40)35(34-38(3,32-33-39)45-46(42,43)44)37(41)31-29-27-25-23-21-19-17-15-13-11-9-7-5-2;/h35,39H,4-34H2,1-3H3,(H,42,43,44);1H3. The lowest BCUT2D eigenvalue weighted by Gasteiger charge is -2.32. The molecule has 0 aliphatic heterocycles. The Hall–Kier alpha value is -0.870. The molecule has 0 rings (SSSR count). The van der Waals surface area contributed by atoms with E-state index in [9.17, 15) is 27.7 Å². The molecule has 0 aromatic carbocycles. The Morgan fingerprint density at radius 1 is 0.596 bits per heavy atom. The molecule has 0 radical (unpaired) electrons. The topological polar surface area (TPSA) is 157 Å². The van der Waals surface area contributed by atoms with Gasteiger partial charge in [-0.3, -0.25) is 13.8 Å². The predicted octanol–water partition coefficient (Wildman–Crippen LogP) is 11.1. The van der Waals surface area contributed by atoms with Crippen molar-refractivity contribution in [2.45, 2.75) is 219 Å². The first-order chi connectivity index (χ1) is 22.1. The Kier molecular flexibility index (Phi) is 33.2. The summed E-state index contributed by atoms with van der Waals surface area (Å²) in [6.45, 7) is 5.46. The molecule has 1 unspecified atom stereocenters. The lowest BCUT2D eigenvalue weighted by atomic mass is 9.81. The van der Waals surface area contributed by atoms with E-state index in [1.165, 1.54) is 122 Å². The molecule has 0 aliphatic rings. The molecule has 0 bridgehead atoms. The van der Waals surface area contributed by atoms with Gasteiger partial charge in [0, 0.05) is 25.9 Å². The SMILES string of the molecule is CCCCCCCCCCCCCCCC(=O)C(CC(C)(CCO)OS(=O)(=O)[O-])C(=O)CCCCCCCCCCCCCCC.[NH4+].